The summed E-state index contributed by atoms with van der Waals surface area (Å²) in [6.07, 6.45) is -0.611. The van der Waals surface area contributed by atoms with Crippen LogP contribution in [-0.4, -0.2) is 35.7 Å². The molecule has 0 spiro atoms. The molecule has 0 aliphatic carbocycles. The van der Waals surface area contributed by atoms with Gasteiger partial charge in [0.2, 0.25) is 0 Å². The summed E-state index contributed by atoms with van der Waals surface area (Å²) >= 11 is 0. The maximum absolute atomic E-state index is 12.9. The van der Waals surface area contributed by atoms with Gasteiger partial charge < -0.3 is 5.73 Å². The number of halogens is 3. The van der Waals surface area contributed by atoms with Gasteiger partial charge in [0, 0.05) is 25.0 Å². The van der Waals surface area contributed by atoms with Crippen molar-refractivity contribution in [3.63, 3.8) is 0 Å². The first-order chi connectivity index (χ1) is 9.43. The van der Waals surface area contributed by atoms with E-state index in [1.165, 1.54) is 0 Å². The largest absolute Gasteiger partial charge is 0.392 e. The number of pyridine rings is 1. The van der Waals surface area contributed by atoms with E-state index in [9.17, 15) is 13.2 Å². The third kappa shape index (κ3) is 3.30. The van der Waals surface area contributed by atoms with Crippen LogP contribution in [0.1, 0.15) is 24.9 Å². The topological polar surface area (TPSA) is 42.2 Å². The Kier molecular flexibility index (Phi) is 4.65. The molecule has 20 heavy (non-hydrogen) atoms. The van der Waals surface area contributed by atoms with Crippen molar-refractivity contribution in [2.75, 3.05) is 19.6 Å². The second kappa shape index (κ2) is 6.10. The van der Waals surface area contributed by atoms with Crippen molar-refractivity contribution in [3.8, 4) is 0 Å². The smallest absolute Gasteiger partial charge is 0.330 e. The molecule has 3 unspecified atom stereocenters. The quantitative estimate of drug-likeness (QED) is 0.929. The molecule has 0 aromatic carbocycles. The molecule has 3 nitrogen and oxygen atoms in total. The number of nitrogens with two attached hydrogens (primary N) is 1. The number of piperidine rings is 1. The molecule has 1 aromatic heterocycles. The molecule has 2 N–H and O–H groups in total. The predicted molar refractivity (Wildman–Crippen MR) is 70.9 cm³/mol. The summed E-state index contributed by atoms with van der Waals surface area (Å²) in [5.41, 5.74) is 6.63. The maximum atomic E-state index is 12.9. The second-order valence-corrected chi connectivity index (χ2v) is 5.38. The zero-order valence-electron chi connectivity index (χ0n) is 11.5. The van der Waals surface area contributed by atoms with Crippen LogP contribution in [0.15, 0.2) is 24.5 Å². The van der Waals surface area contributed by atoms with Crippen molar-refractivity contribution >= 4 is 0 Å². The molecule has 1 aliphatic rings. The average Bonchev–Trinajstić information content (AvgIpc) is 2.45. The van der Waals surface area contributed by atoms with Crippen molar-refractivity contribution in [3.05, 3.63) is 30.1 Å². The Labute approximate surface area is 117 Å². The minimum absolute atomic E-state index is 0.0732. The first-order valence-electron chi connectivity index (χ1n) is 6.84. The first kappa shape index (κ1) is 15.3. The van der Waals surface area contributed by atoms with Crippen LogP contribution >= 0.6 is 0 Å². The molecule has 0 amide bonds. The molecule has 6 heteroatoms. The monoisotopic (exact) mass is 287 g/mol. The minimum atomic E-state index is -4.14. The van der Waals surface area contributed by atoms with Gasteiger partial charge in [0.1, 0.15) is 0 Å². The van der Waals surface area contributed by atoms with Crippen LogP contribution in [0.3, 0.4) is 0 Å². The van der Waals surface area contributed by atoms with Crippen LogP contribution in [0.2, 0.25) is 0 Å². The van der Waals surface area contributed by atoms with E-state index in [4.69, 9.17) is 5.73 Å². The molecular weight excluding hydrogens is 267 g/mol. The van der Waals surface area contributed by atoms with E-state index >= 15 is 0 Å². The van der Waals surface area contributed by atoms with Crippen LogP contribution in [0, 0.1) is 11.8 Å². The van der Waals surface area contributed by atoms with Gasteiger partial charge in [-0.05, 0) is 50.0 Å². The van der Waals surface area contributed by atoms with E-state index in [0.29, 0.717) is 13.1 Å². The van der Waals surface area contributed by atoms with E-state index in [2.05, 4.69) is 9.88 Å². The van der Waals surface area contributed by atoms with E-state index in [1.54, 1.807) is 12.4 Å². The van der Waals surface area contributed by atoms with Crippen molar-refractivity contribution < 1.29 is 13.2 Å². The summed E-state index contributed by atoms with van der Waals surface area (Å²) in [7, 11) is 0. The van der Waals surface area contributed by atoms with Crippen molar-refractivity contribution in [1.29, 1.82) is 0 Å². The van der Waals surface area contributed by atoms with Crippen molar-refractivity contribution in [2.45, 2.75) is 25.6 Å². The number of likely N-dealkylation sites (tertiary alicyclic amines) is 1. The van der Waals surface area contributed by atoms with Gasteiger partial charge in [-0.25, -0.2) is 0 Å². The maximum Gasteiger partial charge on any atom is 0.392 e. The number of nitrogens with zero attached hydrogens (tertiary/aromatic N) is 2. The molecule has 0 radical (unpaired) electrons. The fourth-order valence-electron chi connectivity index (χ4n) is 2.93. The molecule has 2 rings (SSSR count). The lowest BCUT2D eigenvalue weighted by molar-refractivity contribution is -0.200. The van der Waals surface area contributed by atoms with Crippen molar-refractivity contribution in [1.82, 2.24) is 9.88 Å². The van der Waals surface area contributed by atoms with E-state index in [-0.39, 0.29) is 19.0 Å². The fraction of sp³-hybridized carbons (Fsp3) is 0.643. The van der Waals surface area contributed by atoms with Gasteiger partial charge in [-0.15, -0.1) is 0 Å². The number of rotatable bonds is 3. The van der Waals surface area contributed by atoms with Crippen LogP contribution < -0.4 is 5.73 Å². The van der Waals surface area contributed by atoms with E-state index in [0.717, 1.165) is 5.56 Å². The summed E-state index contributed by atoms with van der Waals surface area (Å²) in [6, 6.07) is 3.89. The van der Waals surface area contributed by atoms with Gasteiger partial charge >= 0.3 is 6.18 Å². The van der Waals surface area contributed by atoms with Gasteiger partial charge in [0.25, 0.3) is 0 Å². The number of aromatic nitrogens is 1. The summed E-state index contributed by atoms with van der Waals surface area (Å²) in [4.78, 5) is 6.04. The Morgan fingerprint density at radius 1 is 1.40 bits per heavy atom. The van der Waals surface area contributed by atoms with E-state index < -0.39 is 18.0 Å². The molecule has 3 atom stereocenters. The zero-order chi connectivity index (χ0) is 14.8. The lowest BCUT2D eigenvalue weighted by atomic mass is 9.84. The molecule has 2 heterocycles. The first-order valence-corrected chi connectivity index (χ1v) is 6.84. The van der Waals surface area contributed by atoms with Gasteiger partial charge in [0.05, 0.1) is 5.92 Å². The summed E-state index contributed by atoms with van der Waals surface area (Å²) < 4.78 is 38.8. The molecule has 1 aromatic rings. The SMILES string of the molecule is CC(c1ccncc1)N1CCC(C(F)(F)F)C(CN)C1. The second-order valence-electron chi connectivity index (χ2n) is 5.38. The molecule has 0 bridgehead atoms. The Morgan fingerprint density at radius 3 is 2.60 bits per heavy atom. The highest BCUT2D eigenvalue weighted by Gasteiger charge is 2.46. The molecule has 1 fully saturated rings. The zero-order valence-corrected chi connectivity index (χ0v) is 11.5. The van der Waals surface area contributed by atoms with Gasteiger partial charge in [0.15, 0.2) is 0 Å². The molecule has 0 saturated carbocycles. The predicted octanol–water partition coefficient (Wildman–Crippen LogP) is 2.60. The van der Waals surface area contributed by atoms with E-state index in [1.807, 2.05) is 19.1 Å². The molecule has 1 saturated heterocycles. The standard InChI is InChI=1S/C14H20F3N3/c1-10(11-2-5-19-6-3-11)20-7-4-13(14(15,16)17)12(8-18)9-20/h2-3,5-6,10,12-13H,4,7-9,18H2,1H3. The number of hydrogen-bond acceptors (Lipinski definition) is 3. The fourth-order valence-corrected chi connectivity index (χ4v) is 2.93. The Hall–Kier alpha value is -1.14. The summed E-state index contributed by atoms with van der Waals surface area (Å²) in [6.45, 7) is 2.93. The lowest BCUT2D eigenvalue weighted by Gasteiger charge is -2.41. The highest BCUT2D eigenvalue weighted by atomic mass is 19.4. The Bertz CT molecular complexity index is 421. The highest BCUT2D eigenvalue weighted by molar-refractivity contribution is 5.14. The molecular formula is C14H20F3N3. The lowest BCUT2D eigenvalue weighted by Crippen LogP contribution is -2.48. The Balaban J connectivity index is 2.07. The van der Waals surface area contributed by atoms with Crippen LogP contribution in [0.25, 0.3) is 0 Å². The third-order valence-corrected chi connectivity index (χ3v) is 4.22. The van der Waals surface area contributed by atoms with Gasteiger partial charge in [-0.3, -0.25) is 9.88 Å². The van der Waals surface area contributed by atoms with Crippen LogP contribution in [-0.2, 0) is 0 Å². The molecule has 112 valence electrons. The van der Waals surface area contributed by atoms with Gasteiger partial charge in [-0.1, -0.05) is 0 Å². The Morgan fingerprint density at radius 2 is 2.05 bits per heavy atom. The highest BCUT2D eigenvalue weighted by Crippen LogP contribution is 2.39. The minimum Gasteiger partial charge on any atom is -0.330 e. The third-order valence-electron chi connectivity index (χ3n) is 4.22. The van der Waals surface area contributed by atoms with Gasteiger partial charge in [-0.2, -0.15) is 13.2 Å². The van der Waals surface area contributed by atoms with Crippen LogP contribution in [0.5, 0.6) is 0 Å². The molecule has 1 aliphatic heterocycles. The summed E-state index contributed by atoms with van der Waals surface area (Å²) in [5.74, 6) is -1.79. The average molecular weight is 287 g/mol. The number of hydrogen-bond donors (Lipinski definition) is 1. The summed E-state index contributed by atoms with van der Waals surface area (Å²) in [5, 5.41) is 0. The number of alkyl halides is 3. The van der Waals surface area contributed by atoms with Crippen molar-refractivity contribution in [2.24, 2.45) is 17.6 Å². The normalized spacial score (nSPS) is 26.4. The van der Waals surface area contributed by atoms with Crippen LogP contribution in [0.4, 0.5) is 13.2 Å².